The number of anilines is 1. The van der Waals surface area contributed by atoms with Crippen molar-refractivity contribution in [3.05, 3.63) is 47.7 Å². The van der Waals surface area contributed by atoms with Crippen LogP contribution >= 0.6 is 23.1 Å². The number of amides is 1. The van der Waals surface area contributed by atoms with E-state index < -0.39 is 0 Å². The van der Waals surface area contributed by atoms with Crippen molar-refractivity contribution in [2.45, 2.75) is 17.8 Å². The number of carbonyl (C=O) groups excluding carboxylic acids is 1. The van der Waals surface area contributed by atoms with Crippen molar-refractivity contribution in [3.8, 4) is 11.4 Å². The Morgan fingerprint density at radius 3 is 2.88 bits per heavy atom. The maximum Gasteiger partial charge on any atom is 0.223 e. The Bertz CT molecular complexity index is 827. The van der Waals surface area contributed by atoms with E-state index in [0.717, 1.165) is 22.3 Å². The summed E-state index contributed by atoms with van der Waals surface area (Å²) in [5, 5.41) is 6.14. The molecule has 0 aliphatic rings. The monoisotopic (exact) mass is 360 g/mol. The molecule has 0 saturated heterocycles. The summed E-state index contributed by atoms with van der Waals surface area (Å²) in [5.41, 5.74) is 1.94. The van der Waals surface area contributed by atoms with Gasteiger partial charge in [-0.1, -0.05) is 11.8 Å². The molecular weight excluding hydrogens is 344 g/mol. The van der Waals surface area contributed by atoms with Gasteiger partial charge in [-0.15, -0.1) is 11.3 Å². The zero-order chi connectivity index (χ0) is 16.9. The van der Waals surface area contributed by atoms with Gasteiger partial charge in [0.05, 0.1) is 12.8 Å². The topological polar surface area (TPSA) is 69.0 Å². The summed E-state index contributed by atoms with van der Waals surface area (Å²) in [7, 11) is 1.65. The van der Waals surface area contributed by atoms with Crippen LogP contribution < -0.4 is 10.1 Å². The van der Waals surface area contributed by atoms with Gasteiger partial charge in [-0.05, 0) is 24.3 Å². The summed E-state index contributed by atoms with van der Waals surface area (Å²) in [5.74, 6) is 1.39. The van der Waals surface area contributed by atoms with Crippen LogP contribution in [-0.4, -0.2) is 27.6 Å². The number of thioether (sulfide) groups is 1. The molecule has 1 aromatic carbocycles. The number of hydrogen-bond donors (Lipinski definition) is 1. The predicted molar refractivity (Wildman–Crippen MR) is 96.1 cm³/mol. The molecule has 24 heavy (non-hydrogen) atoms. The third-order valence-corrected chi connectivity index (χ3v) is 4.95. The number of hydrogen-bond acceptors (Lipinski definition) is 6. The van der Waals surface area contributed by atoms with E-state index in [0.29, 0.717) is 10.9 Å². The van der Waals surface area contributed by atoms with E-state index in [-0.39, 0.29) is 5.91 Å². The Morgan fingerprint density at radius 1 is 1.38 bits per heavy atom. The van der Waals surface area contributed by atoms with Gasteiger partial charge >= 0.3 is 0 Å². The fraction of sp³-hybridized carbons (Fsp3) is 0.188. The third-order valence-electron chi connectivity index (χ3n) is 3.14. The molecule has 0 aliphatic carbocycles. The molecule has 6 nitrogen and oxygen atoms in total. The first-order valence-corrected chi connectivity index (χ1v) is 9.05. The standard InChI is InChI=1S/C16H16N4O2S2/c1-11(21)18-15-19-12(9-23-15)10-24-16-17-7-8-20(16)13-3-5-14(22-2)6-4-13/h3-9H,10H2,1-2H3,(H,18,19,21). The predicted octanol–water partition coefficient (Wildman–Crippen LogP) is 3.59. The Labute approximate surface area is 147 Å². The number of aromatic nitrogens is 3. The van der Waals surface area contributed by atoms with Crippen molar-refractivity contribution < 1.29 is 9.53 Å². The van der Waals surface area contributed by atoms with E-state index >= 15 is 0 Å². The zero-order valence-corrected chi connectivity index (χ0v) is 14.9. The van der Waals surface area contributed by atoms with Gasteiger partial charge < -0.3 is 10.1 Å². The van der Waals surface area contributed by atoms with Gasteiger partial charge in [-0.25, -0.2) is 9.97 Å². The summed E-state index contributed by atoms with van der Waals surface area (Å²) in [6, 6.07) is 7.82. The highest BCUT2D eigenvalue weighted by molar-refractivity contribution is 7.98. The van der Waals surface area contributed by atoms with Crippen LogP contribution in [0.1, 0.15) is 12.6 Å². The van der Waals surface area contributed by atoms with Crippen molar-refractivity contribution in [2.75, 3.05) is 12.4 Å². The van der Waals surface area contributed by atoms with Gasteiger partial charge in [0.15, 0.2) is 10.3 Å². The van der Waals surface area contributed by atoms with Crippen LogP contribution in [0.3, 0.4) is 0 Å². The van der Waals surface area contributed by atoms with Gasteiger partial charge in [0.1, 0.15) is 5.75 Å². The molecular formula is C16H16N4O2S2. The Hall–Kier alpha value is -2.32. The van der Waals surface area contributed by atoms with Crippen LogP contribution in [0, 0.1) is 0 Å². The van der Waals surface area contributed by atoms with Crippen LogP contribution in [0.4, 0.5) is 5.13 Å². The average molecular weight is 360 g/mol. The van der Waals surface area contributed by atoms with Gasteiger partial charge in [0.2, 0.25) is 5.91 Å². The first kappa shape index (κ1) is 16.5. The molecule has 1 amide bonds. The number of carbonyl (C=O) groups is 1. The molecule has 0 atom stereocenters. The smallest absolute Gasteiger partial charge is 0.223 e. The molecule has 0 fully saturated rings. The maximum atomic E-state index is 11.0. The Morgan fingerprint density at radius 2 is 2.17 bits per heavy atom. The highest BCUT2D eigenvalue weighted by atomic mass is 32.2. The van der Waals surface area contributed by atoms with Crippen LogP contribution in [0.5, 0.6) is 5.75 Å². The molecule has 0 unspecified atom stereocenters. The van der Waals surface area contributed by atoms with E-state index in [2.05, 4.69) is 15.3 Å². The molecule has 0 spiro atoms. The molecule has 0 bridgehead atoms. The summed E-state index contributed by atoms with van der Waals surface area (Å²) in [4.78, 5) is 19.8. The highest BCUT2D eigenvalue weighted by Crippen LogP contribution is 2.26. The second kappa shape index (κ2) is 7.50. The fourth-order valence-corrected chi connectivity index (χ4v) is 3.78. The Balaban J connectivity index is 1.69. The molecule has 3 rings (SSSR count). The van der Waals surface area contributed by atoms with Gasteiger partial charge in [-0.2, -0.15) is 0 Å². The lowest BCUT2D eigenvalue weighted by Crippen LogP contribution is -2.05. The summed E-state index contributed by atoms with van der Waals surface area (Å²) in [6.07, 6.45) is 3.70. The molecule has 124 valence electrons. The second-order valence-corrected chi connectivity index (χ2v) is 6.69. The van der Waals surface area contributed by atoms with Crippen molar-refractivity contribution in [3.63, 3.8) is 0 Å². The SMILES string of the molecule is COc1ccc(-n2ccnc2SCc2csc(NC(C)=O)n2)cc1. The number of imidazole rings is 1. The average Bonchev–Trinajstić information content (AvgIpc) is 3.21. The largest absolute Gasteiger partial charge is 0.497 e. The normalized spacial score (nSPS) is 10.6. The van der Waals surface area contributed by atoms with Crippen LogP contribution in [0.25, 0.3) is 5.69 Å². The van der Waals surface area contributed by atoms with Crippen molar-refractivity contribution in [2.24, 2.45) is 0 Å². The summed E-state index contributed by atoms with van der Waals surface area (Å²) in [6.45, 7) is 1.47. The van der Waals surface area contributed by atoms with E-state index in [9.17, 15) is 4.79 Å². The van der Waals surface area contributed by atoms with E-state index in [1.54, 1.807) is 25.1 Å². The van der Waals surface area contributed by atoms with Gasteiger partial charge in [0.25, 0.3) is 0 Å². The lowest BCUT2D eigenvalue weighted by molar-refractivity contribution is -0.114. The number of nitrogens with zero attached hydrogens (tertiary/aromatic N) is 3. The lowest BCUT2D eigenvalue weighted by atomic mass is 10.3. The lowest BCUT2D eigenvalue weighted by Gasteiger charge is -2.08. The quantitative estimate of drug-likeness (QED) is 0.680. The number of rotatable bonds is 6. The van der Waals surface area contributed by atoms with Crippen LogP contribution in [0.15, 0.2) is 47.2 Å². The zero-order valence-electron chi connectivity index (χ0n) is 13.2. The van der Waals surface area contributed by atoms with Gasteiger partial charge in [-0.3, -0.25) is 9.36 Å². The van der Waals surface area contributed by atoms with E-state index in [1.165, 1.54) is 18.3 Å². The maximum absolute atomic E-state index is 11.0. The minimum atomic E-state index is -0.112. The molecule has 0 saturated carbocycles. The second-order valence-electron chi connectivity index (χ2n) is 4.89. The van der Waals surface area contributed by atoms with Gasteiger partial charge in [0, 0.05) is 36.1 Å². The minimum absolute atomic E-state index is 0.112. The molecule has 0 aliphatic heterocycles. The Kier molecular flexibility index (Phi) is 5.17. The van der Waals surface area contributed by atoms with Crippen molar-refractivity contribution in [1.29, 1.82) is 0 Å². The van der Waals surface area contributed by atoms with Crippen LogP contribution in [0.2, 0.25) is 0 Å². The molecule has 3 aromatic rings. The number of methoxy groups -OCH3 is 1. The highest BCUT2D eigenvalue weighted by Gasteiger charge is 2.09. The number of nitrogens with one attached hydrogen (secondary N) is 1. The molecule has 2 aromatic heterocycles. The van der Waals surface area contributed by atoms with E-state index in [4.69, 9.17) is 4.74 Å². The molecule has 2 heterocycles. The number of thiazole rings is 1. The fourth-order valence-electron chi connectivity index (χ4n) is 2.06. The van der Waals surface area contributed by atoms with Crippen molar-refractivity contribution in [1.82, 2.24) is 14.5 Å². The van der Waals surface area contributed by atoms with E-state index in [1.807, 2.05) is 40.4 Å². The molecule has 8 heteroatoms. The summed E-state index contributed by atoms with van der Waals surface area (Å²) < 4.78 is 7.20. The van der Waals surface area contributed by atoms with Crippen molar-refractivity contribution >= 4 is 34.1 Å². The first-order chi connectivity index (χ1) is 11.7. The number of benzene rings is 1. The molecule has 0 radical (unpaired) electrons. The molecule has 1 N–H and O–H groups in total. The third kappa shape index (κ3) is 3.95. The number of ether oxygens (including phenoxy) is 1. The summed E-state index contributed by atoms with van der Waals surface area (Å²) >= 11 is 3.02. The van der Waals surface area contributed by atoms with Crippen LogP contribution in [-0.2, 0) is 10.5 Å². The first-order valence-electron chi connectivity index (χ1n) is 7.18. The minimum Gasteiger partial charge on any atom is -0.497 e.